The van der Waals surface area contributed by atoms with Crippen LogP contribution in [0.2, 0.25) is 0 Å². The second kappa shape index (κ2) is 6.21. The smallest absolute Gasteiger partial charge is 0.241 e. The van der Waals surface area contributed by atoms with Gasteiger partial charge in [0.1, 0.15) is 5.82 Å². The molecule has 0 bridgehead atoms. The highest BCUT2D eigenvalue weighted by atomic mass is 32.2. The van der Waals surface area contributed by atoms with Crippen molar-refractivity contribution in [1.82, 2.24) is 9.71 Å². The molecule has 21 heavy (non-hydrogen) atoms. The monoisotopic (exact) mass is 328 g/mol. The summed E-state index contributed by atoms with van der Waals surface area (Å²) in [7, 11) is -3.66. The van der Waals surface area contributed by atoms with Crippen LogP contribution in [0.5, 0.6) is 0 Å². The molecule has 2 rings (SSSR count). The van der Waals surface area contributed by atoms with Crippen LogP contribution in [0.3, 0.4) is 0 Å². The molecule has 1 aromatic carbocycles. The number of thiazole rings is 1. The number of rotatable bonds is 5. The normalized spacial score (nSPS) is 13.3. The molecule has 0 fully saturated rings. The quantitative estimate of drug-likeness (QED) is 0.918. The van der Waals surface area contributed by atoms with Crippen LogP contribution in [-0.2, 0) is 10.0 Å². The van der Waals surface area contributed by atoms with Gasteiger partial charge in [-0.1, -0.05) is 6.92 Å². The summed E-state index contributed by atoms with van der Waals surface area (Å²) >= 11 is 1.49. The van der Waals surface area contributed by atoms with Gasteiger partial charge in [-0.2, -0.15) is 0 Å². The third kappa shape index (κ3) is 3.66. The van der Waals surface area contributed by atoms with E-state index in [1.54, 1.807) is 20.0 Å². The molecule has 0 spiro atoms. The Morgan fingerprint density at radius 1 is 1.33 bits per heavy atom. The maximum Gasteiger partial charge on any atom is 0.241 e. The second-order valence-electron chi connectivity index (χ2n) is 4.99. The molecular weight excluding hydrogens is 311 g/mol. The molecule has 114 valence electrons. The van der Waals surface area contributed by atoms with Crippen molar-refractivity contribution in [2.45, 2.75) is 31.6 Å². The van der Waals surface area contributed by atoms with Gasteiger partial charge in [0.15, 0.2) is 0 Å². The van der Waals surface area contributed by atoms with Gasteiger partial charge in [0.05, 0.1) is 9.90 Å². The van der Waals surface area contributed by atoms with E-state index in [1.807, 2.05) is 12.3 Å². The fourth-order valence-electron chi connectivity index (χ4n) is 2.19. The minimum absolute atomic E-state index is 0.0131. The molecule has 0 radical (unpaired) electrons. The standard InChI is InChI=1S/C14H17FN2O2S2/c1-9-6-12(15)7-10(2)13(9)21(18,19)17-8-11(3)14-16-4-5-20-14/h4-7,11,17H,8H2,1-3H3. The third-order valence-corrected chi connectivity index (χ3v) is 5.88. The zero-order valence-corrected chi connectivity index (χ0v) is 13.7. The lowest BCUT2D eigenvalue weighted by atomic mass is 10.1. The van der Waals surface area contributed by atoms with Gasteiger partial charge in [-0.05, 0) is 37.1 Å². The first-order chi connectivity index (χ1) is 9.81. The van der Waals surface area contributed by atoms with E-state index in [0.29, 0.717) is 11.1 Å². The predicted octanol–water partition coefficient (Wildman–Crippen LogP) is 2.98. The Morgan fingerprint density at radius 2 is 1.95 bits per heavy atom. The van der Waals surface area contributed by atoms with Crippen molar-refractivity contribution in [3.8, 4) is 0 Å². The minimum atomic E-state index is -3.66. The topological polar surface area (TPSA) is 59.1 Å². The molecular formula is C14H17FN2O2S2. The summed E-state index contributed by atoms with van der Waals surface area (Å²) in [6, 6.07) is 2.46. The minimum Gasteiger partial charge on any atom is -0.249 e. The number of aromatic nitrogens is 1. The lowest BCUT2D eigenvalue weighted by Gasteiger charge is -2.14. The van der Waals surface area contributed by atoms with Crippen LogP contribution in [0.25, 0.3) is 0 Å². The van der Waals surface area contributed by atoms with Crippen LogP contribution < -0.4 is 4.72 Å². The molecule has 2 aromatic rings. The fraction of sp³-hybridized carbons (Fsp3) is 0.357. The van der Waals surface area contributed by atoms with Gasteiger partial charge in [-0.25, -0.2) is 22.5 Å². The van der Waals surface area contributed by atoms with Gasteiger partial charge in [-0.15, -0.1) is 11.3 Å². The first kappa shape index (κ1) is 16.1. The SMILES string of the molecule is Cc1cc(F)cc(C)c1S(=O)(=O)NCC(C)c1nccs1. The number of hydrogen-bond acceptors (Lipinski definition) is 4. The highest BCUT2D eigenvalue weighted by Gasteiger charge is 2.21. The van der Waals surface area contributed by atoms with Crippen molar-refractivity contribution in [2.75, 3.05) is 6.54 Å². The maximum atomic E-state index is 13.3. The van der Waals surface area contributed by atoms with Crippen molar-refractivity contribution in [2.24, 2.45) is 0 Å². The molecule has 0 aliphatic heterocycles. The summed E-state index contributed by atoms with van der Waals surface area (Å²) in [4.78, 5) is 4.32. The number of aryl methyl sites for hydroxylation is 2. The third-order valence-electron chi connectivity index (χ3n) is 3.15. The van der Waals surface area contributed by atoms with Crippen molar-refractivity contribution < 1.29 is 12.8 Å². The molecule has 1 aromatic heterocycles. The van der Waals surface area contributed by atoms with Crippen molar-refractivity contribution in [3.63, 3.8) is 0 Å². The Labute approximate surface area is 128 Å². The van der Waals surface area contributed by atoms with Crippen molar-refractivity contribution in [3.05, 3.63) is 45.7 Å². The Balaban J connectivity index is 2.20. The van der Waals surface area contributed by atoms with Crippen LogP contribution in [0.1, 0.15) is 29.0 Å². The van der Waals surface area contributed by atoms with Crippen molar-refractivity contribution >= 4 is 21.4 Å². The van der Waals surface area contributed by atoms with Crippen LogP contribution in [-0.4, -0.2) is 19.9 Å². The summed E-state index contributed by atoms with van der Waals surface area (Å²) in [6.07, 6.45) is 1.69. The van der Waals surface area contributed by atoms with Crippen LogP contribution in [0.4, 0.5) is 4.39 Å². The van der Waals surface area contributed by atoms with Gasteiger partial charge >= 0.3 is 0 Å². The van der Waals surface area contributed by atoms with Crippen molar-refractivity contribution in [1.29, 1.82) is 0 Å². The molecule has 4 nitrogen and oxygen atoms in total. The summed E-state index contributed by atoms with van der Waals surface area (Å²) < 4.78 is 40.7. The van der Waals surface area contributed by atoms with E-state index in [4.69, 9.17) is 0 Å². The first-order valence-corrected chi connectivity index (χ1v) is 8.83. The molecule has 0 saturated heterocycles. The van der Waals surface area contributed by atoms with E-state index in [1.165, 1.54) is 23.5 Å². The number of nitrogens with one attached hydrogen (secondary N) is 1. The highest BCUT2D eigenvalue weighted by molar-refractivity contribution is 7.89. The summed E-state index contributed by atoms with van der Waals surface area (Å²) in [5.74, 6) is -0.444. The van der Waals surface area contributed by atoms with E-state index in [-0.39, 0.29) is 17.4 Å². The molecule has 1 atom stereocenters. The van der Waals surface area contributed by atoms with E-state index < -0.39 is 15.8 Å². The number of hydrogen-bond donors (Lipinski definition) is 1. The van der Waals surface area contributed by atoms with Gasteiger partial charge in [-0.3, -0.25) is 0 Å². The summed E-state index contributed by atoms with van der Waals surface area (Å²) in [6.45, 7) is 5.35. The lowest BCUT2D eigenvalue weighted by Crippen LogP contribution is -2.29. The van der Waals surface area contributed by atoms with E-state index in [0.717, 1.165) is 5.01 Å². The zero-order chi connectivity index (χ0) is 15.6. The first-order valence-electron chi connectivity index (χ1n) is 6.47. The number of halogens is 1. The van der Waals surface area contributed by atoms with E-state index in [2.05, 4.69) is 9.71 Å². The summed E-state index contributed by atoms with van der Waals surface area (Å²) in [5, 5.41) is 2.74. The molecule has 7 heteroatoms. The molecule has 1 unspecified atom stereocenters. The highest BCUT2D eigenvalue weighted by Crippen LogP contribution is 2.22. The maximum absolute atomic E-state index is 13.3. The largest absolute Gasteiger partial charge is 0.249 e. The van der Waals surface area contributed by atoms with E-state index >= 15 is 0 Å². The predicted molar refractivity (Wildman–Crippen MR) is 81.6 cm³/mol. The number of benzene rings is 1. The van der Waals surface area contributed by atoms with Gasteiger partial charge in [0.25, 0.3) is 0 Å². The lowest BCUT2D eigenvalue weighted by molar-refractivity contribution is 0.572. The fourth-order valence-corrected chi connectivity index (χ4v) is 4.47. The molecule has 0 amide bonds. The summed E-state index contributed by atoms with van der Waals surface area (Å²) in [5.41, 5.74) is 0.809. The second-order valence-corrected chi connectivity index (χ2v) is 7.62. The zero-order valence-electron chi connectivity index (χ0n) is 12.1. The van der Waals surface area contributed by atoms with Gasteiger partial charge in [0.2, 0.25) is 10.0 Å². The van der Waals surface area contributed by atoms with Crippen LogP contribution in [0.15, 0.2) is 28.6 Å². The average molecular weight is 328 g/mol. The Hall–Kier alpha value is -1.31. The molecule has 0 saturated carbocycles. The van der Waals surface area contributed by atoms with Crippen LogP contribution >= 0.6 is 11.3 Å². The average Bonchev–Trinajstić information content (AvgIpc) is 2.88. The Bertz CT molecular complexity index is 704. The van der Waals surface area contributed by atoms with Gasteiger partial charge in [0, 0.05) is 24.0 Å². The molecule has 1 N–H and O–H groups in total. The molecule has 0 aliphatic rings. The number of sulfonamides is 1. The van der Waals surface area contributed by atoms with Crippen LogP contribution in [0, 0.1) is 19.7 Å². The Kier molecular flexibility index (Phi) is 4.75. The molecule has 1 heterocycles. The number of nitrogens with zero attached hydrogens (tertiary/aromatic N) is 1. The van der Waals surface area contributed by atoms with E-state index in [9.17, 15) is 12.8 Å². The molecule has 0 aliphatic carbocycles. The Morgan fingerprint density at radius 3 is 2.48 bits per heavy atom. The van der Waals surface area contributed by atoms with Gasteiger partial charge < -0.3 is 0 Å².